The maximum Gasteiger partial charge on any atom is 0.223 e. The highest BCUT2D eigenvalue weighted by molar-refractivity contribution is 5.79. The molecule has 1 saturated heterocycles. The molecule has 1 fully saturated rings. The fourth-order valence-corrected chi connectivity index (χ4v) is 3.65. The third kappa shape index (κ3) is 4.75. The van der Waals surface area contributed by atoms with E-state index in [0.29, 0.717) is 24.0 Å². The summed E-state index contributed by atoms with van der Waals surface area (Å²) in [6.45, 7) is 1.35. The molecule has 0 spiro atoms. The number of nitrogens with zero attached hydrogens (tertiary/aromatic N) is 1. The molecule has 1 aliphatic heterocycles. The van der Waals surface area contributed by atoms with Gasteiger partial charge in [-0.15, -0.1) is 0 Å². The van der Waals surface area contributed by atoms with Crippen molar-refractivity contribution in [3.63, 3.8) is 0 Å². The Labute approximate surface area is 164 Å². The number of hydrogen-bond acceptors (Lipinski definition) is 4. The third-order valence-corrected chi connectivity index (χ3v) is 5.27. The number of hydrogen-bond donors (Lipinski definition) is 2. The van der Waals surface area contributed by atoms with Crippen LogP contribution in [0.25, 0.3) is 0 Å². The molecule has 0 radical (unpaired) electrons. The molecule has 28 heavy (non-hydrogen) atoms. The highest BCUT2D eigenvalue weighted by Crippen LogP contribution is 2.26. The van der Waals surface area contributed by atoms with Crippen LogP contribution in [-0.2, 0) is 4.79 Å². The summed E-state index contributed by atoms with van der Waals surface area (Å²) < 4.78 is 14.1. The largest absolute Gasteiger partial charge is 0.396 e. The smallest absolute Gasteiger partial charge is 0.223 e. The average molecular weight is 384 g/mol. The number of rotatable bonds is 7. The summed E-state index contributed by atoms with van der Waals surface area (Å²) in [6, 6.07) is 13.2. The Morgan fingerprint density at radius 2 is 1.86 bits per heavy atom. The Balaban J connectivity index is 1.59. The van der Waals surface area contributed by atoms with E-state index in [4.69, 9.17) is 0 Å². The molecule has 148 valence electrons. The molecule has 0 bridgehead atoms. The lowest BCUT2D eigenvalue weighted by atomic mass is 9.94. The van der Waals surface area contributed by atoms with Gasteiger partial charge in [0.2, 0.25) is 5.91 Å². The van der Waals surface area contributed by atoms with E-state index in [1.54, 1.807) is 30.3 Å². The Bertz CT molecular complexity index is 802. The van der Waals surface area contributed by atoms with Gasteiger partial charge in [0.05, 0.1) is 6.04 Å². The van der Waals surface area contributed by atoms with Crippen molar-refractivity contribution in [3.8, 4) is 0 Å². The number of nitrogens with one attached hydrogen (secondary N) is 1. The predicted molar refractivity (Wildman–Crippen MR) is 106 cm³/mol. The summed E-state index contributed by atoms with van der Waals surface area (Å²) >= 11 is 0. The van der Waals surface area contributed by atoms with Gasteiger partial charge in [0, 0.05) is 42.4 Å². The molecule has 0 aromatic heterocycles. The minimum atomic E-state index is -0.535. The lowest BCUT2D eigenvalue weighted by Crippen LogP contribution is -2.42. The van der Waals surface area contributed by atoms with Crippen LogP contribution < -0.4 is 10.2 Å². The topological polar surface area (TPSA) is 69.6 Å². The van der Waals surface area contributed by atoms with Gasteiger partial charge in [-0.05, 0) is 49.6 Å². The fraction of sp³-hybridized carbons (Fsp3) is 0.364. The van der Waals surface area contributed by atoms with Gasteiger partial charge >= 0.3 is 0 Å². The maximum absolute atomic E-state index is 14.1. The number of aliphatic hydroxyl groups excluding tert-OH is 1. The summed E-state index contributed by atoms with van der Waals surface area (Å²) in [5.41, 5.74) is 2.08. The van der Waals surface area contributed by atoms with E-state index < -0.39 is 6.04 Å². The van der Waals surface area contributed by atoms with Gasteiger partial charge in [0.15, 0.2) is 0 Å². The van der Waals surface area contributed by atoms with Gasteiger partial charge in [-0.2, -0.15) is 0 Å². The lowest BCUT2D eigenvalue weighted by Gasteiger charge is -2.33. The van der Waals surface area contributed by atoms with Crippen LogP contribution in [0.5, 0.6) is 0 Å². The number of carbonyl (C=O) groups is 2. The fourth-order valence-electron chi connectivity index (χ4n) is 3.65. The summed E-state index contributed by atoms with van der Waals surface area (Å²) in [7, 11) is 0. The van der Waals surface area contributed by atoms with Gasteiger partial charge in [-0.1, -0.05) is 18.2 Å². The molecule has 0 unspecified atom stereocenters. The van der Waals surface area contributed by atoms with Crippen LogP contribution in [-0.4, -0.2) is 37.0 Å². The van der Waals surface area contributed by atoms with E-state index in [1.807, 2.05) is 12.1 Å². The van der Waals surface area contributed by atoms with Crippen LogP contribution in [0.1, 0.15) is 41.2 Å². The number of amides is 1. The van der Waals surface area contributed by atoms with Gasteiger partial charge in [0.25, 0.3) is 0 Å². The summed E-state index contributed by atoms with van der Waals surface area (Å²) in [5.74, 6) is -0.619. The number of aliphatic hydroxyl groups is 1. The quantitative estimate of drug-likeness (QED) is 0.720. The van der Waals surface area contributed by atoms with Crippen LogP contribution in [0, 0.1) is 11.7 Å². The van der Waals surface area contributed by atoms with E-state index in [9.17, 15) is 19.1 Å². The van der Waals surface area contributed by atoms with E-state index >= 15 is 0 Å². The number of piperidine rings is 1. The molecule has 5 nitrogen and oxygen atoms in total. The van der Waals surface area contributed by atoms with Crippen molar-refractivity contribution in [2.75, 3.05) is 24.6 Å². The molecule has 2 aromatic carbocycles. The molecule has 2 N–H and O–H groups in total. The van der Waals surface area contributed by atoms with Crippen LogP contribution in [0.2, 0.25) is 0 Å². The van der Waals surface area contributed by atoms with Gasteiger partial charge in [-0.3, -0.25) is 9.59 Å². The lowest BCUT2D eigenvalue weighted by molar-refractivity contribution is -0.126. The van der Waals surface area contributed by atoms with E-state index in [2.05, 4.69) is 10.2 Å². The van der Waals surface area contributed by atoms with E-state index in [1.165, 1.54) is 6.07 Å². The van der Waals surface area contributed by atoms with Gasteiger partial charge in [-0.25, -0.2) is 4.39 Å². The molecule has 6 heteroatoms. The highest BCUT2D eigenvalue weighted by Gasteiger charge is 2.27. The number of aldehydes is 1. The zero-order valence-corrected chi connectivity index (χ0v) is 15.7. The summed E-state index contributed by atoms with van der Waals surface area (Å²) in [6.07, 6.45) is 2.49. The molecule has 0 aliphatic carbocycles. The van der Waals surface area contributed by atoms with Gasteiger partial charge in [0.1, 0.15) is 12.1 Å². The molecule has 3 rings (SSSR count). The number of halogens is 1. The molecule has 1 atom stereocenters. The Kier molecular flexibility index (Phi) is 6.76. The number of carbonyl (C=O) groups excluding carboxylic acids is 2. The normalized spacial score (nSPS) is 15.9. The molecule has 1 heterocycles. The highest BCUT2D eigenvalue weighted by atomic mass is 19.1. The molecular formula is C22H25FN2O3. The summed E-state index contributed by atoms with van der Waals surface area (Å²) in [4.78, 5) is 25.7. The minimum absolute atomic E-state index is 0.0994. The molecule has 1 aliphatic rings. The zero-order valence-electron chi connectivity index (χ0n) is 15.7. The van der Waals surface area contributed by atoms with Crippen LogP contribution >= 0.6 is 0 Å². The van der Waals surface area contributed by atoms with Crippen molar-refractivity contribution in [2.45, 2.75) is 25.3 Å². The first-order valence-electron chi connectivity index (χ1n) is 9.58. The van der Waals surface area contributed by atoms with Crippen molar-refractivity contribution in [1.82, 2.24) is 5.32 Å². The Hall–Kier alpha value is -2.73. The molecule has 2 aromatic rings. The number of anilines is 1. The second-order valence-electron chi connectivity index (χ2n) is 7.07. The Morgan fingerprint density at radius 3 is 2.46 bits per heavy atom. The SMILES string of the molecule is O=Cc1ccc(N2CCC(C(=O)N[C@@H](CCO)c3ccccc3F)CC2)cc1. The predicted octanol–water partition coefficient (Wildman–Crippen LogP) is 3.09. The molecule has 1 amide bonds. The van der Waals surface area contributed by atoms with E-state index in [-0.39, 0.29) is 30.7 Å². The van der Waals surface area contributed by atoms with Crippen molar-refractivity contribution >= 4 is 17.9 Å². The van der Waals surface area contributed by atoms with Crippen molar-refractivity contribution in [1.29, 1.82) is 0 Å². The molecule has 0 saturated carbocycles. The van der Waals surface area contributed by atoms with Crippen molar-refractivity contribution < 1.29 is 19.1 Å². The average Bonchev–Trinajstić information content (AvgIpc) is 2.74. The first-order valence-corrected chi connectivity index (χ1v) is 9.58. The second kappa shape index (κ2) is 9.46. The monoisotopic (exact) mass is 384 g/mol. The molecular weight excluding hydrogens is 359 g/mol. The first-order chi connectivity index (χ1) is 13.6. The van der Waals surface area contributed by atoms with Crippen LogP contribution in [0.3, 0.4) is 0 Å². The second-order valence-corrected chi connectivity index (χ2v) is 7.07. The Morgan fingerprint density at radius 1 is 1.18 bits per heavy atom. The third-order valence-electron chi connectivity index (χ3n) is 5.27. The standard InChI is InChI=1S/C22H25FN2O3/c23-20-4-2-1-3-19(20)21(11-14-26)24-22(28)17-9-12-25(13-10-17)18-7-5-16(15-27)6-8-18/h1-8,15,17,21,26H,9-14H2,(H,24,28)/t21-/m0/s1. The summed E-state index contributed by atoms with van der Waals surface area (Å²) in [5, 5.41) is 12.2. The van der Waals surface area contributed by atoms with Gasteiger partial charge < -0.3 is 15.3 Å². The van der Waals surface area contributed by atoms with Crippen molar-refractivity contribution in [2.24, 2.45) is 5.92 Å². The zero-order chi connectivity index (χ0) is 19.9. The van der Waals surface area contributed by atoms with E-state index in [0.717, 1.165) is 25.1 Å². The van der Waals surface area contributed by atoms with Crippen molar-refractivity contribution in [3.05, 3.63) is 65.5 Å². The maximum atomic E-state index is 14.1. The minimum Gasteiger partial charge on any atom is -0.396 e. The number of benzene rings is 2. The van der Waals surface area contributed by atoms with Crippen LogP contribution in [0.15, 0.2) is 48.5 Å². The first kappa shape index (κ1) is 20.0. The van der Waals surface area contributed by atoms with Crippen LogP contribution in [0.4, 0.5) is 10.1 Å².